The molecule has 0 saturated carbocycles. The van der Waals surface area contributed by atoms with Crippen LogP contribution in [0, 0.1) is 5.92 Å². The van der Waals surface area contributed by atoms with Crippen molar-refractivity contribution in [3.8, 4) is 0 Å². The Balaban J connectivity index is 3.22. The SMILES string of the molecule is CC(CO)C[C@H](N)CO. The molecule has 0 aliphatic rings. The van der Waals surface area contributed by atoms with Crippen molar-refractivity contribution >= 4 is 0 Å². The summed E-state index contributed by atoms with van der Waals surface area (Å²) in [6.07, 6.45) is 0.688. The van der Waals surface area contributed by atoms with Crippen LogP contribution in [-0.4, -0.2) is 29.5 Å². The van der Waals surface area contributed by atoms with E-state index in [1.807, 2.05) is 6.92 Å². The fraction of sp³-hybridized carbons (Fsp3) is 1.00. The van der Waals surface area contributed by atoms with Crippen LogP contribution in [0.1, 0.15) is 13.3 Å². The van der Waals surface area contributed by atoms with Crippen LogP contribution < -0.4 is 5.73 Å². The summed E-state index contributed by atoms with van der Waals surface area (Å²) in [5.41, 5.74) is 5.39. The lowest BCUT2D eigenvalue weighted by atomic mass is 10.0. The van der Waals surface area contributed by atoms with Crippen LogP contribution in [0.25, 0.3) is 0 Å². The third-order valence-corrected chi connectivity index (χ3v) is 1.25. The Morgan fingerprint density at radius 2 is 1.89 bits per heavy atom. The fourth-order valence-electron chi connectivity index (χ4n) is 0.666. The molecule has 0 aromatic heterocycles. The van der Waals surface area contributed by atoms with E-state index < -0.39 is 0 Å². The average Bonchev–Trinajstić information content (AvgIpc) is 1.87. The van der Waals surface area contributed by atoms with Crippen molar-refractivity contribution in [1.29, 1.82) is 0 Å². The third kappa shape index (κ3) is 4.39. The molecule has 0 aliphatic carbocycles. The van der Waals surface area contributed by atoms with Gasteiger partial charge in [-0.05, 0) is 12.3 Å². The number of rotatable bonds is 4. The number of aliphatic hydroxyl groups excluding tert-OH is 2. The Morgan fingerprint density at radius 1 is 1.33 bits per heavy atom. The van der Waals surface area contributed by atoms with Gasteiger partial charge in [-0.15, -0.1) is 0 Å². The van der Waals surface area contributed by atoms with Gasteiger partial charge >= 0.3 is 0 Å². The van der Waals surface area contributed by atoms with E-state index in [0.29, 0.717) is 6.42 Å². The van der Waals surface area contributed by atoms with Crippen LogP contribution in [0.4, 0.5) is 0 Å². The predicted molar refractivity (Wildman–Crippen MR) is 35.9 cm³/mol. The molecule has 0 fully saturated rings. The molecule has 56 valence electrons. The lowest BCUT2D eigenvalue weighted by Crippen LogP contribution is -2.27. The maximum atomic E-state index is 8.54. The normalized spacial score (nSPS) is 17.3. The van der Waals surface area contributed by atoms with Gasteiger partial charge in [-0.25, -0.2) is 0 Å². The predicted octanol–water partition coefficient (Wildman–Crippen LogP) is -0.676. The molecule has 0 spiro atoms. The molecule has 0 amide bonds. The van der Waals surface area contributed by atoms with Crippen molar-refractivity contribution in [1.82, 2.24) is 0 Å². The molecule has 0 heterocycles. The molecule has 0 aliphatic heterocycles. The van der Waals surface area contributed by atoms with Gasteiger partial charge in [-0.2, -0.15) is 0 Å². The van der Waals surface area contributed by atoms with Gasteiger partial charge in [0.05, 0.1) is 6.61 Å². The van der Waals surface area contributed by atoms with Crippen LogP contribution in [0.15, 0.2) is 0 Å². The van der Waals surface area contributed by atoms with E-state index in [1.54, 1.807) is 0 Å². The van der Waals surface area contributed by atoms with Gasteiger partial charge in [-0.3, -0.25) is 0 Å². The lowest BCUT2D eigenvalue weighted by Gasteiger charge is -2.11. The number of nitrogens with two attached hydrogens (primary N) is 1. The molecule has 0 aromatic carbocycles. The first-order valence-electron chi connectivity index (χ1n) is 3.18. The quantitative estimate of drug-likeness (QED) is 0.476. The summed E-state index contributed by atoms with van der Waals surface area (Å²) in [5, 5.41) is 17.0. The Labute approximate surface area is 55.5 Å². The molecule has 1 unspecified atom stereocenters. The minimum absolute atomic E-state index is 0.00431. The number of hydrogen-bond donors (Lipinski definition) is 3. The van der Waals surface area contributed by atoms with E-state index in [4.69, 9.17) is 15.9 Å². The van der Waals surface area contributed by atoms with Crippen molar-refractivity contribution in [2.24, 2.45) is 11.7 Å². The molecular weight excluding hydrogens is 118 g/mol. The van der Waals surface area contributed by atoms with Crippen LogP contribution in [-0.2, 0) is 0 Å². The summed E-state index contributed by atoms with van der Waals surface area (Å²) in [5.74, 6) is 0.201. The molecular formula is C6H15NO2. The van der Waals surface area contributed by atoms with Gasteiger partial charge in [-0.1, -0.05) is 6.92 Å². The van der Waals surface area contributed by atoms with Crippen LogP contribution in [0.2, 0.25) is 0 Å². The molecule has 4 N–H and O–H groups in total. The van der Waals surface area contributed by atoms with Gasteiger partial charge in [0, 0.05) is 12.6 Å². The molecule has 0 radical (unpaired) electrons. The fourth-order valence-corrected chi connectivity index (χ4v) is 0.666. The first kappa shape index (κ1) is 8.88. The highest BCUT2D eigenvalue weighted by atomic mass is 16.3. The van der Waals surface area contributed by atoms with Gasteiger partial charge in [0.25, 0.3) is 0 Å². The number of hydrogen-bond acceptors (Lipinski definition) is 3. The van der Waals surface area contributed by atoms with Gasteiger partial charge in [0.15, 0.2) is 0 Å². The summed E-state index contributed by atoms with van der Waals surface area (Å²) in [6.45, 7) is 2.05. The maximum Gasteiger partial charge on any atom is 0.0582 e. The summed E-state index contributed by atoms with van der Waals surface area (Å²) in [7, 11) is 0. The molecule has 0 saturated heterocycles. The van der Waals surface area contributed by atoms with Gasteiger partial charge in [0.2, 0.25) is 0 Å². The summed E-state index contributed by atoms with van der Waals surface area (Å²) in [6, 6.07) is -0.174. The zero-order valence-electron chi connectivity index (χ0n) is 5.75. The van der Waals surface area contributed by atoms with Crippen molar-refractivity contribution in [3.05, 3.63) is 0 Å². The van der Waals surface area contributed by atoms with E-state index in [9.17, 15) is 0 Å². The highest BCUT2D eigenvalue weighted by Crippen LogP contribution is 2.01. The smallest absolute Gasteiger partial charge is 0.0582 e. The van der Waals surface area contributed by atoms with Crippen molar-refractivity contribution in [3.63, 3.8) is 0 Å². The molecule has 3 nitrogen and oxygen atoms in total. The Hall–Kier alpha value is -0.120. The van der Waals surface area contributed by atoms with Crippen molar-refractivity contribution in [2.75, 3.05) is 13.2 Å². The zero-order valence-corrected chi connectivity index (χ0v) is 5.75. The second-order valence-electron chi connectivity index (χ2n) is 2.47. The Kier molecular flexibility index (Phi) is 4.67. The van der Waals surface area contributed by atoms with E-state index >= 15 is 0 Å². The lowest BCUT2D eigenvalue weighted by molar-refractivity contribution is 0.198. The first-order valence-corrected chi connectivity index (χ1v) is 3.18. The zero-order chi connectivity index (χ0) is 7.28. The average molecular weight is 133 g/mol. The molecule has 0 rings (SSSR count). The van der Waals surface area contributed by atoms with Crippen molar-refractivity contribution < 1.29 is 10.2 Å². The highest BCUT2D eigenvalue weighted by molar-refractivity contribution is 4.62. The minimum Gasteiger partial charge on any atom is -0.396 e. The third-order valence-electron chi connectivity index (χ3n) is 1.25. The highest BCUT2D eigenvalue weighted by Gasteiger charge is 2.05. The Morgan fingerprint density at radius 3 is 2.22 bits per heavy atom. The topological polar surface area (TPSA) is 66.5 Å². The monoisotopic (exact) mass is 133 g/mol. The van der Waals surface area contributed by atoms with E-state index in [2.05, 4.69) is 0 Å². The van der Waals surface area contributed by atoms with Crippen LogP contribution in [0.3, 0.4) is 0 Å². The van der Waals surface area contributed by atoms with E-state index in [1.165, 1.54) is 0 Å². The largest absolute Gasteiger partial charge is 0.396 e. The molecule has 3 heteroatoms. The standard InChI is InChI=1S/C6H15NO2/c1-5(3-8)2-6(7)4-9/h5-6,8-9H,2-4,7H2,1H3/t5?,6-/m0/s1. The molecule has 0 aromatic rings. The minimum atomic E-state index is -0.174. The molecule has 0 bridgehead atoms. The van der Waals surface area contributed by atoms with Gasteiger partial charge in [0.1, 0.15) is 0 Å². The maximum absolute atomic E-state index is 8.54. The van der Waals surface area contributed by atoms with Crippen LogP contribution >= 0.6 is 0 Å². The molecule has 2 atom stereocenters. The summed E-state index contributed by atoms with van der Waals surface area (Å²) >= 11 is 0. The molecule has 9 heavy (non-hydrogen) atoms. The van der Waals surface area contributed by atoms with Gasteiger partial charge < -0.3 is 15.9 Å². The second kappa shape index (κ2) is 4.73. The number of aliphatic hydroxyl groups is 2. The second-order valence-corrected chi connectivity index (χ2v) is 2.47. The first-order chi connectivity index (χ1) is 4.20. The van der Waals surface area contributed by atoms with E-state index in [0.717, 1.165) is 0 Å². The summed E-state index contributed by atoms with van der Waals surface area (Å²) in [4.78, 5) is 0. The Bertz CT molecular complexity index is 60.1. The van der Waals surface area contributed by atoms with E-state index in [-0.39, 0.29) is 25.2 Å². The summed E-state index contributed by atoms with van der Waals surface area (Å²) < 4.78 is 0. The van der Waals surface area contributed by atoms with Crippen LogP contribution in [0.5, 0.6) is 0 Å². The van der Waals surface area contributed by atoms with Crippen molar-refractivity contribution in [2.45, 2.75) is 19.4 Å².